The predicted molar refractivity (Wildman–Crippen MR) is 96.8 cm³/mol. The van der Waals surface area contributed by atoms with Crippen molar-refractivity contribution in [3.8, 4) is 0 Å². The number of aryl methyl sites for hydroxylation is 2. The van der Waals surface area contributed by atoms with Crippen molar-refractivity contribution in [2.24, 2.45) is 0 Å². The quantitative estimate of drug-likeness (QED) is 0.367. The maximum atomic E-state index is 12.4. The molecule has 2 rings (SSSR count). The summed E-state index contributed by atoms with van der Waals surface area (Å²) in [6.45, 7) is 1.87. The molecule has 0 radical (unpaired) electrons. The molecule has 0 fully saturated rings. The van der Waals surface area contributed by atoms with Gasteiger partial charge in [-0.2, -0.15) is 4.68 Å². The molecule has 0 unspecified atom stereocenters. The van der Waals surface area contributed by atoms with E-state index in [0.717, 1.165) is 12.1 Å². The molecule has 0 aliphatic carbocycles. The van der Waals surface area contributed by atoms with Gasteiger partial charge in [0.1, 0.15) is 4.90 Å². The van der Waals surface area contributed by atoms with E-state index in [-0.39, 0.29) is 40.9 Å². The van der Waals surface area contributed by atoms with Crippen LogP contribution in [0.4, 0.5) is 5.82 Å². The second-order valence-corrected chi connectivity index (χ2v) is 7.99. The van der Waals surface area contributed by atoms with Crippen LogP contribution < -0.4 is 4.72 Å². The van der Waals surface area contributed by atoms with Gasteiger partial charge in [0, 0.05) is 6.54 Å². The number of carbonyl (C=O) groups is 1. The zero-order valence-corrected chi connectivity index (χ0v) is 16.2. The number of benzene rings is 1. The number of aromatic carboxylic acids is 1. The molecular formula is C14H14Cl2N4O6S. The highest BCUT2D eigenvalue weighted by atomic mass is 35.5. The van der Waals surface area contributed by atoms with E-state index in [4.69, 9.17) is 28.3 Å². The molecule has 10 nitrogen and oxygen atoms in total. The molecule has 0 aliphatic rings. The minimum atomic E-state index is -4.08. The average Bonchev–Trinajstić information content (AvgIpc) is 2.92. The summed E-state index contributed by atoms with van der Waals surface area (Å²) in [5.74, 6) is -1.67. The number of nitrogens with zero attached hydrogens (tertiary/aromatic N) is 3. The van der Waals surface area contributed by atoms with Crippen LogP contribution in [0.2, 0.25) is 10.0 Å². The summed E-state index contributed by atoms with van der Waals surface area (Å²) in [4.78, 5) is 20.8. The first-order chi connectivity index (χ1) is 12.5. The highest BCUT2D eigenvalue weighted by Gasteiger charge is 2.22. The van der Waals surface area contributed by atoms with Crippen molar-refractivity contribution >= 4 is 45.0 Å². The van der Waals surface area contributed by atoms with E-state index in [2.05, 4.69) is 9.82 Å². The number of nitrogens with one attached hydrogen (secondary N) is 1. The summed E-state index contributed by atoms with van der Waals surface area (Å²) < 4.78 is 28.4. The molecule has 1 heterocycles. The Balaban J connectivity index is 2.06. The van der Waals surface area contributed by atoms with Crippen LogP contribution >= 0.6 is 23.2 Å². The van der Waals surface area contributed by atoms with Crippen LogP contribution in [-0.2, 0) is 16.6 Å². The zero-order chi connectivity index (χ0) is 20.4. The Hall–Kier alpha value is -2.21. The number of aromatic nitrogens is 2. The van der Waals surface area contributed by atoms with Gasteiger partial charge in [0.2, 0.25) is 10.0 Å². The molecule has 1 aromatic heterocycles. The van der Waals surface area contributed by atoms with E-state index < -0.39 is 25.8 Å². The monoisotopic (exact) mass is 436 g/mol. The van der Waals surface area contributed by atoms with Crippen LogP contribution in [0.5, 0.6) is 0 Å². The van der Waals surface area contributed by atoms with Crippen molar-refractivity contribution in [3.63, 3.8) is 0 Å². The molecule has 0 saturated carbocycles. The highest BCUT2D eigenvalue weighted by molar-refractivity contribution is 7.89. The van der Waals surface area contributed by atoms with Crippen molar-refractivity contribution in [1.82, 2.24) is 14.5 Å². The summed E-state index contributed by atoms with van der Waals surface area (Å²) in [7, 11) is -4.08. The van der Waals surface area contributed by atoms with Gasteiger partial charge in [-0.15, -0.1) is 0 Å². The number of hydrogen-bond donors (Lipinski definition) is 2. The van der Waals surface area contributed by atoms with Crippen LogP contribution in [0.25, 0.3) is 0 Å². The fourth-order valence-corrected chi connectivity index (χ4v) is 4.15. The first kappa shape index (κ1) is 21.1. The fraction of sp³-hybridized carbons (Fsp3) is 0.286. The van der Waals surface area contributed by atoms with Gasteiger partial charge in [0.05, 0.1) is 39.0 Å². The Labute approximate surface area is 163 Å². The standard InChI is InChI=1S/C14H14Cl2N4O6S/c1-8-5-13(20(23)24)18-19(8)4-2-3-17-27(25,26)12-6-9(14(21)22)10(15)7-11(12)16/h5-7,17H,2-4H2,1H3,(H,21,22). The Bertz CT molecular complexity index is 1010. The van der Waals surface area contributed by atoms with Gasteiger partial charge in [0.15, 0.2) is 0 Å². The van der Waals surface area contributed by atoms with E-state index in [9.17, 15) is 23.3 Å². The smallest absolute Gasteiger partial charge is 0.390 e. The van der Waals surface area contributed by atoms with E-state index in [1.807, 2.05) is 0 Å². The van der Waals surface area contributed by atoms with Gasteiger partial charge in [-0.25, -0.2) is 17.9 Å². The number of halogens is 2. The molecule has 146 valence electrons. The van der Waals surface area contributed by atoms with Crippen molar-refractivity contribution in [3.05, 3.63) is 49.6 Å². The Morgan fingerprint density at radius 1 is 1.33 bits per heavy atom. The average molecular weight is 437 g/mol. The molecule has 0 saturated heterocycles. The van der Waals surface area contributed by atoms with E-state index in [1.165, 1.54) is 10.7 Å². The van der Waals surface area contributed by atoms with Gasteiger partial charge in [-0.1, -0.05) is 23.2 Å². The molecule has 2 N–H and O–H groups in total. The molecule has 0 amide bonds. The van der Waals surface area contributed by atoms with E-state index >= 15 is 0 Å². The topological polar surface area (TPSA) is 144 Å². The first-order valence-electron chi connectivity index (χ1n) is 7.44. The second kappa shape index (κ2) is 8.21. The first-order valence-corrected chi connectivity index (χ1v) is 9.67. The zero-order valence-electron chi connectivity index (χ0n) is 13.8. The third-order valence-corrected chi connectivity index (χ3v) is 5.77. The molecule has 0 bridgehead atoms. The summed E-state index contributed by atoms with van der Waals surface area (Å²) >= 11 is 11.6. The largest absolute Gasteiger partial charge is 0.478 e. The molecule has 13 heteroatoms. The maximum absolute atomic E-state index is 12.4. The molecule has 0 spiro atoms. The highest BCUT2D eigenvalue weighted by Crippen LogP contribution is 2.28. The number of sulfonamides is 1. The molecule has 2 aromatic rings. The summed E-state index contributed by atoms with van der Waals surface area (Å²) in [6, 6.07) is 3.24. The lowest BCUT2D eigenvalue weighted by atomic mass is 10.2. The Kier molecular flexibility index (Phi) is 6.42. The normalized spacial score (nSPS) is 11.5. The lowest BCUT2D eigenvalue weighted by Crippen LogP contribution is -2.26. The van der Waals surface area contributed by atoms with Gasteiger partial charge in [-0.3, -0.25) is 0 Å². The summed E-state index contributed by atoms with van der Waals surface area (Å²) in [6.07, 6.45) is 0.288. The number of rotatable bonds is 8. The second-order valence-electron chi connectivity index (χ2n) is 5.44. The molecule has 27 heavy (non-hydrogen) atoms. The third-order valence-electron chi connectivity index (χ3n) is 3.54. The van der Waals surface area contributed by atoms with Gasteiger partial charge < -0.3 is 15.2 Å². The molecule has 0 atom stereocenters. The van der Waals surface area contributed by atoms with Gasteiger partial charge in [0.25, 0.3) is 0 Å². The lowest BCUT2D eigenvalue weighted by molar-refractivity contribution is -0.389. The maximum Gasteiger partial charge on any atom is 0.390 e. The number of carboxylic acids is 1. The van der Waals surface area contributed by atoms with Crippen LogP contribution in [0.15, 0.2) is 23.1 Å². The molecular weight excluding hydrogens is 423 g/mol. The predicted octanol–water partition coefficient (Wildman–Crippen LogP) is 2.47. The fourth-order valence-electron chi connectivity index (χ4n) is 2.22. The van der Waals surface area contributed by atoms with Crippen LogP contribution in [0.1, 0.15) is 22.5 Å². The van der Waals surface area contributed by atoms with Gasteiger partial charge in [-0.05, 0) is 30.4 Å². The van der Waals surface area contributed by atoms with Crippen LogP contribution in [0, 0.1) is 17.0 Å². The van der Waals surface area contributed by atoms with Gasteiger partial charge >= 0.3 is 11.8 Å². The van der Waals surface area contributed by atoms with E-state index in [1.54, 1.807) is 6.92 Å². The number of hydrogen-bond acceptors (Lipinski definition) is 6. The number of nitro groups is 1. The van der Waals surface area contributed by atoms with Crippen LogP contribution in [0.3, 0.4) is 0 Å². The Morgan fingerprint density at radius 2 is 2.00 bits per heavy atom. The summed E-state index contributed by atoms with van der Waals surface area (Å²) in [5, 5.41) is 23.1. The Morgan fingerprint density at radius 3 is 2.56 bits per heavy atom. The van der Waals surface area contributed by atoms with Crippen molar-refractivity contribution in [2.75, 3.05) is 6.54 Å². The van der Waals surface area contributed by atoms with Crippen molar-refractivity contribution in [1.29, 1.82) is 0 Å². The molecule has 0 aliphatic heterocycles. The minimum absolute atomic E-state index is 0.0171. The SMILES string of the molecule is Cc1cc([N+](=O)[O-])nn1CCCNS(=O)(=O)c1cc(C(=O)O)c(Cl)cc1Cl. The summed E-state index contributed by atoms with van der Waals surface area (Å²) in [5.41, 5.74) is 0.178. The van der Waals surface area contributed by atoms with Crippen LogP contribution in [-0.4, -0.2) is 40.7 Å². The minimum Gasteiger partial charge on any atom is -0.478 e. The lowest BCUT2D eigenvalue weighted by Gasteiger charge is -2.10. The van der Waals surface area contributed by atoms with Crippen molar-refractivity contribution < 1.29 is 23.2 Å². The number of carboxylic acid groups (broad SMARTS) is 1. The third kappa shape index (κ3) is 4.95. The van der Waals surface area contributed by atoms with E-state index in [0.29, 0.717) is 5.69 Å². The van der Waals surface area contributed by atoms with Crippen molar-refractivity contribution in [2.45, 2.75) is 24.8 Å². The molecule has 1 aromatic carbocycles.